The first kappa shape index (κ1) is 13.7. The summed E-state index contributed by atoms with van der Waals surface area (Å²) in [6.07, 6.45) is -0.556. The average molecular weight is 341 g/mol. The number of benzene rings is 1. The predicted octanol–water partition coefficient (Wildman–Crippen LogP) is 3.23. The summed E-state index contributed by atoms with van der Waals surface area (Å²) in [4.78, 5) is 4.83. The third-order valence-corrected chi connectivity index (χ3v) is 4.36. The van der Waals surface area contributed by atoms with Gasteiger partial charge in [0, 0.05) is 28.0 Å². The lowest BCUT2D eigenvalue weighted by atomic mass is 9.92. The molecule has 20 heavy (non-hydrogen) atoms. The van der Waals surface area contributed by atoms with Gasteiger partial charge in [-0.15, -0.1) is 0 Å². The third-order valence-electron chi connectivity index (χ3n) is 3.86. The first-order valence-electron chi connectivity index (χ1n) is 6.50. The molecule has 0 saturated carbocycles. The van der Waals surface area contributed by atoms with E-state index in [4.69, 9.17) is 10.3 Å². The van der Waals surface area contributed by atoms with Gasteiger partial charge < -0.3 is 9.64 Å². The predicted molar refractivity (Wildman–Crippen MR) is 77.6 cm³/mol. The molecule has 0 radical (unpaired) electrons. The van der Waals surface area contributed by atoms with Crippen LogP contribution >= 0.6 is 15.9 Å². The molecule has 106 valence electrons. The van der Waals surface area contributed by atoms with Crippen LogP contribution in [0.1, 0.15) is 5.56 Å². The maximum Gasteiger partial charge on any atom is 0.127 e. The Morgan fingerprint density at radius 2 is 2.35 bits per heavy atom. The van der Waals surface area contributed by atoms with Crippen LogP contribution in [0.3, 0.4) is 0 Å². The van der Waals surface area contributed by atoms with Crippen LogP contribution in [0.25, 0.3) is 10.4 Å². The van der Waals surface area contributed by atoms with Crippen molar-refractivity contribution in [3.05, 3.63) is 38.7 Å². The van der Waals surface area contributed by atoms with E-state index in [0.717, 1.165) is 15.7 Å². The topological polar surface area (TPSA) is 61.2 Å². The highest BCUT2D eigenvalue weighted by molar-refractivity contribution is 9.10. The Balaban J connectivity index is 2.01. The largest absolute Gasteiger partial charge is 0.377 e. The fourth-order valence-corrected chi connectivity index (χ4v) is 3.33. The van der Waals surface area contributed by atoms with Crippen LogP contribution in [0.2, 0.25) is 0 Å². The minimum atomic E-state index is -0.961. The minimum Gasteiger partial charge on any atom is -0.377 e. The van der Waals surface area contributed by atoms with E-state index in [9.17, 15) is 4.39 Å². The van der Waals surface area contributed by atoms with Gasteiger partial charge in [0.25, 0.3) is 0 Å². The zero-order valence-corrected chi connectivity index (χ0v) is 12.3. The molecule has 0 aliphatic carbocycles. The number of nitrogens with zero attached hydrogens (tertiary/aromatic N) is 4. The summed E-state index contributed by atoms with van der Waals surface area (Å²) in [6, 6.07) is 5.46. The summed E-state index contributed by atoms with van der Waals surface area (Å²) in [6.45, 7) is 1.11. The van der Waals surface area contributed by atoms with Gasteiger partial charge in [0.15, 0.2) is 0 Å². The van der Waals surface area contributed by atoms with Crippen molar-refractivity contribution >= 4 is 21.6 Å². The van der Waals surface area contributed by atoms with Crippen LogP contribution in [0.5, 0.6) is 0 Å². The van der Waals surface area contributed by atoms with Crippen molar-refractivity contribution in [2.24, 2.45) is 5.11 Å². The Morgan fingerprint density at radius 1 is 1.50 bits per heavy atom. The number of morpholine rings is 1. The summed E-state index contributed by atoms with van der Waals surface area (Å²) >= 11 is 3.46. The molecule has 1 aromatic carbocycles. The van der Waals surface area contributed by atoms with Crippen LogP contribution in [-0.4, -0.2) is 38.0 Å². The number of anilines is 1. The Bertz CT molecular complexity index is 563. The Kier molecular flexibility index (Phi) is 3.83. The Morgan fingerprint density at radius 3 is 3.15 bits per heavy atom. The van der Waals surface area contributed by atoms with Gasteiger partial charge in [-0.3, -0.25) is 0 Å². The SMILES string of the molecule is [N-]=[N+]=NCC1COCC2C(F)Cc3ccc(Br)cc3N12. The number of ether oxygens (including phenoxy) is 1. The highest BCUT2D eigenvalue weighted by atomic mass is 79.9. The van der Waals surface area contributed by atoms with Gasteiger partial charge in [-0.05, 0) is 23.2 Å². The third kappa shape index (κ3) is 2.37. The van der Waals surface area contributed by atoms with Crippen molar-refractivity contribution in [1.29, 1.82) is 0 Å². The zero-order chi connectivity index (χ0) is 14.1. The van der Waals surface area contributed by atoms with Gasteiger partial charge in [0.2, 0.25) is 0 Å². The molecule has 1 aromatic rings. The molecule has 3 unspecified atom stereocenters. The van der Waals surface area contributed by atoms with E-state index in [0.29, 0.717) is 19.6 Å². The molecule has 2 aliphatic rings. The molecular formula is C13H14BrFN4O. The molecule has 2 aliphatic heterocycles. The second-order valence-electron chi connectivity index (χ2n) is 5.07. The van der Waals surface area contributed by atoms with E-state index < -0.39 is 6.17 Å². The second kappa shape index (κ2) is 5.60. The summed E-state index contributed by atoms with van der Waals surface area (Å²) in [7, 11) is 0. The van der Waals surface area contributed by atoms with Gasteiger partial charge >= 0.3 is 0 Å². The lowest BCUT2D eigenvalue weighted by molar-refractivity contribution is 0.0395. The standard InChI is InChI=1S/C13H14BrFN4O/c14-9-2-1-8-3-11(15)13-7-20-6-10(5-17-18-16)19(13)12(8)4-9/h1-2,4,10-11,13H,3,5-7H2. The molecule has 1 fully saturated rings. The van der Waals surface area contributed by atoms with Crippen molar-refractivity contribution in [3.8, 4) is 0 Å². The maximum absolute atomic E-state index is 14.4. The van der Waals surface area contributed by atoms with Crippen LogP contribution in [0.15, 0.2) is 27.8 Å². The van der Waals surface area contributed by atoms with Crippen LogP contribution in [-0.2, 0) is 11.2 Å². The molecule has 5 nitrogen and oxygen atoms in total. The Hall–Kier alpha value is -1.30. The molecule has 2 heterocycles. The van der Waals surface area contributed by atoms with Crippen molar-refractivity contribution in [3.63, 3.8) is 0 Å². The normalized spacial score (nSPS) is 28.3. The first-order valence-corrected chi connectivity index (χ1v) is 7.29. The summed E-state index contributed by atoms with van der Waals surface area (Å²) in [5.41, 5.74) is 10.5. The first-order chi connectivity index (χ1) is 9.70. The van der Waals surface area contributed by atoms with E-state index >= 15 is 0 Å². The van der Waals surface area contributed by atoms with Crippen molar-refractivity contribution < 1.29 is 9.13 Å². The van der Waals surface area contributed by atoms with Crippen molar-refractivity contribution in [1.82, 2.24) is 0 Å². The van der Waals surface area contributed by atoms with Crippen LogP contribution in [0.4, 0.5) is 10.1 Å². The number of hydrogen-bond donors (Lipinski definition) is 0. The maximum atomic E-state index is 14.4. The van der Waals surface area contributed by atoms with Crippen LogP contribution < -0.4 is 4.90 Å². The molecule has 7 heteroatoms. The quantitative estimate of drug-likeness (QED) is 0.471. The summed E-state index contributed by atoms with van der Waals surface area (Å²) < 4.78 is 20.8. The van der Waals surface area contributed by atoms with Gasteiger partial charge in [-0.2, -0.15) is 0 Å². The number of fused-ring (bicyclic) bond motifs is 3. The number of azide groups is 1. The van der Waals surface area contributed by atoms with E-state index in [1.807, 2.05) is 23.1 Å². The van der Waals surface area contributed by atoms with E-state index in [2.05, 4.69) is 26.0 Å². The van der Waals surface area contributed by atoms with Crippen molar-refractivity contribution in [2.45, 2.75) is 24.7 Å². The highest BCUT2D eigenvalue weighted by Gasteiger charge is 2.40. The molecule has 0 bridgehead atoms. The molecule has 3 atom stereocenters. The molecule has 0 spiro atoms. The smallest absolute Gasteiger partial charge is 0.127 e. The van der Waals surface area contributed by atoms with E-state index in [-0.39, 0.29) is 18.6 Å². The van der Waals surface area contributed by atoms with Gasteiger partial charge in [0.05, 0.1) is 25.3 Å². The monoisotopic (exact) mass is 340 g/mol. The number of hydrogen-bond acceptors (Lipinski definition) is 3. The van der Waals surface area contributed by atoms with Crippen molar-refractivity contribution in [2.75, 3.05) is 24.7 Å². The fraction of sp³-hybridized carbons (Fsp3) is 0.538. The molecule has 0 N–H and O–H groups in total. The molecule has 3 rings (SSSR count). The van der Waals surface area contributed by atoms with E-state index in [1.165, 1.54) is 0 Å². The fourth-order valence-electron chi connectivity index (χ4n) is 2.98. The molecule has 1 saturated heterocycles. The van der Waals surface area contributed by atoms with Gasteiger partial charge in [-0.25, -0.2) is 4.39 Å². The average Bonchev–Trinajstić information content (AvgIpc) is 2.46. The molecule has 0 aromatic heterocycles. The summed E-state index contributed by atoms with van der Waals surface area (Å²) in [5.74, 6) is 0. The number of alkyl halides is 1. The molecule has 0 amide bonds. The molecular weight excluding hydrogens is 327 g/mol. The van der Waals surface area contributed by atoms with Gasteiger partial charge in [-0.1, -0.05) is 27.1 Å². The lowest BCUT2D eigenvalue weighted by Gasteiger charge is -2.48. The highest BCUT2D eigenvalue weighted by Crippen LogP contribution is 2.37. The minimum absolute atomic E-state index is 0.115. The second-order valence-corrected chi connectivity index (χ2v) is 5.99. The van der Waals surface area contributed by atoms with E-state index in [1.54, 1.807) is 0 Å². The summed E-state index contributed by atoms with van der Waals surface area (Å²) in [5, 5.41) is 3.63. The Labute approximate surface area is 124 Å². The number of rotatable bonds is 2. The lowest BCUT2D eigenvalue weighted by Crippen LogP contribution is -2.59. The number of halogens is 2. The van der Waals surface area contributed by atoms with Gasteiger partial charge in [0.1, 0.15) is 6.17 Å². The zero-order valence-electron chi connectivity index (χ0n) is 10.7. The van der Waals surface area contributed by atoms with Crippen LogP contribution in [0, 0.1) is 0 Å².